The van der Waals surface area contributed by atoms with E-state index in [1.165, 1.54) is 4.90 Å². The highest BCUT2D eigenvalue weighted by Crippen LogP contribution is 2.24. The number of nitro groups is 1. The third-order valence-electron chi connectivity index (χ3n) is 3.63. The molecule has 2 rings (SSSR count). The first kappa shape index (κ1) is 18.6. The van der Waals surface area contributed by atoms with Crippen LogP contribution in [0.25, 0.3) is 0 Å². The van der Waals surface area contributed by atoms with Crippen molar-refractivity contribution >= 4 is 23.4 Å². The van der Waals surface area contributed by atoms with E-state index in [1.54, 1.807) is 20.8 Å². The maximum atomic E-state index is 13.8. The number of rotatable bonds is 3. The van der Waals surface area contributed by atoms with Crippen LogP contribution in [-0.2, 0) is 9.53 Å². The number of carbonyl (C=O) groups excluding carboxylic acids is 2. The molecule has 0 unspecified atom stereocenters. The molecule has 1 atom stereocenters. The van der Waals surface area contributed by atoms with Crippen molar-refractivity contribution < 1.29 is 23.6 Å². The molecule has 9 heteroatoms. The van der Waals surface area contributed by atoms with E-state index in [9.17, 15) is 24.1 Å². The van der Waals surface area contributed by atoms with E-state index in [2.05, 4.69) is 5.32 Å². The second-order valence-corrected chi connectivity index (χ2v) is 6.82. The van der Waals surface area contributed by atoms with E-state index in [0.29, 0.717) is 13.0 Å². The number of benzene rings is 1. The largest absolute Gasteiger partial charge is 0.444 e. The number of ether oxygens (including phenoxy) is 1. The minimum Gasteiger partial charge on any atom is -0.444 e. The Kier molecular flexibility index (Phi) is 5.24. The van der Waals surface area contributed by atoms with Gasteiger partial charge in [-0.25, -0.2) is 9.18 Å². The molecule has 2 amide bonds. The zero-order valence-corrected chi connectivity index (χ0v) is 14.2. The number of nitro benzene ring substituents is 1. The molecular weight excluding hydrogens is 333 g/mol. The molecule has 0 saturated carbocycles. The first-order chi connectivity index (χ1) is 11.6. The van der Waals surface area contributed by atoms with Gasteiger partial charge in [0.05, 0.1) is 22.6 Å². The van der Waals surface area contributed by atoms with E-state index in [4.69, 9.17) is 4.74 Å². The Bertz CT molecular complexity index is 702. The Morgan fingerprint density at radius 3 is 2.64 bits per heavy atom. The number of likely N-dealkylation sites (tertiary alicyclic amines) is 1. The summed E-state index contributed by atoms with van der Waals surface area (Å²) in [5.41, 5.74) is -1.15. The van der Waals surface area contributed by atoms with Crippen molar-refractivity contribution in [1.29, 1.82) is 0 Å². The molecule has 0 spiro atoms. The van der Waals surface area contributed by atoms with Gasteiger partial charge in [-0.2, -0.15) is 0 Å². The summed E-state index contributed by atoms with van der Waals surface area (Å²) >= 11 is 0. The quantitative estimate of drug-likeness (QED) is 0.665. The molecule has 1 fully saturated rings. The molecule has 0 aliphatic carbocycles. The van der Waals surface area contributed by atoms with Crippen molar-refractivity contribution in [2.45, 2.75) is 32.8 Å². The first-order valence-corrected chi connectivity index (χ1v) is 7.79. The van der Waals surface area contributed by atoms with Gasteiger partial charge in [-0.15, -0.1) is 0 Å². The maximum Gasteiger partial charge on any atom is 0.410 e. The summed E-state index contributed by atoms with van der Waals surface area (Å²) in [5, 5.41) is 13.0. The molecule has 0 bridgehead atoms. The number of nitrogens with zero attached hydrogens (tertiary/aromatic N) is 2. The van der Waals surface area contributed by atoms with Crippen molar-refractivity contribution in [3.05, 3.63) is 34.1 Å². The maximum absolute atomic E-state index is 13.8. The topological polar surface area (TPSA) is 102 Å². The summed E-state index contributed by atoms with van der Waals surface area (Å²) in [6, 6.07) is 3.00. The van der Waals surface area contributed by atoms with E-state index in [1.807, 2.05) is 0 Å². The van der Waals surface area contributed by atoms with Gasteiger partial charge in [-0.3, -0.25) is 14.9 Å². The van der Waals surface area contributed by atoms with Crippen LogP contribution in [0.1, 0.15) is 27.2 Å². The Balaban J connectivity index is 1.96. The van der Waals surface area contributed by atoms with Crippen LogP contribution in [0.2, 0.25) is 0 Å². The van der Waals surface area contributed by atoms with Gasteiger partial charge < -0.3 is 15.0 Å². The van der Waals surface area contributed by atoms with Crippen LogP contribution >= 0.6 is 0 Å². The normalized spacial score (nSPS) is 17.3. The molecule has 8 nitrogen and oxygen atoms in total. The number of amides is 2. The number of hydrogen-bond acceptors (Lipinski definition) is 5. The summed E-state index contributed by atoms with van der Waals surface area (Å²) in [6.07, 6.45) is -0.0658. The molecule has 1 N–H and O–H groups in total. The highest BCUT2D eigenvalue weighted by Gasteiger charge is 2.33. The summed E-state index contributed by atoms with van der Waals surface area (Å²) in [5.74, 6) is -1.83. The van der Waals surface area contributed by atoms with Gasteiger partial charge in [-0.1, -0.05) is 0 Å². The van der Waals surface area contributed by atoms with Crippen LogP contribution in [0.4, 0.5) is 20.6 Å². The van der Waals surface area contributed by atoms with Crippen LogP contribution in [-0.4, -0.2) is 40.5 Å². The van der Waals surface area contributed by atoms with Crippen molar-refractivity contribution in [2.24, 2.45) is 5.92 Å². The molecule has 1 aromatic carbocycles. The Hall–Kier alpha value is -2.71. The number of halogens is 1. The second kappa shape index (κ2) is 7.04. The zero-order valence-electron chi connectivity index (χ0n) is 14.2. The lowest BCUT2D eigenvalue weighted by atomic mass is 10.1. The zero-order chi connectivity index (χ0) is 18.8. The fourth-order valence-electron chi connectivity index (χ4n) is 2.42. The van der Waals surface area contributed by atoms with Gasteiger partial charge in [0.25, 0.3) is 5.69 Å². The first-order valence-electron chi connectivity index (χ1n) is 7.79. The second-order valence-electron chi connectivity index (χ2n) is 6.82. The molecule has 0 radical (unpaired) electrons. The number of hydrogen-bond donors (Lipinski definition) is 1. The third kappa shape index (κ3) is 4.88. The smallest absolute Gasteiger partial charge is 0.410 e. The van der Waals surface area contributed by atoms with Gasteiger partial charge in [0.15, 0.2) is 5.82 Å². The molecule has 1 saturated heterocycles. The predicted octanol–water partition coefficient (Wildman–Crippen LogP) is 2.93. The number of nitrogens with one attached hydrogen (secondary N) is 1. The number of anilines is 1. The summed E-state index contributed by atoms with van der Waals surface area (Å²) in [4.78, 5) is 35.6. The molecule has 1 aliphatic heterocycles. The van der Waals surface area contributed by atoms with E-state index < -0.39 is 39.9 Å². The van der Waals surface area contributed by atoms with Crippen LogP contribution in [0.15, 0.2) is 18.2 Å². The van der Waals surface area contributed by atoms with Gasteiger partial charge >= 0.3 is 6.09 Å². The monoisotopic (exact) mass is 353 g/mol. The molecule has 25 heavy (non-hydrogen) atoms. The van der Waals surface area contributed by atoms with Crippen LogP contribution in [0, 0.1) is 21.8 Å². The minimum atomic E-state index is -0.885. The lowest BCUT2D eigenvalue weighted by Gasteiger charge is -2.24. The molecule has 1 aromatic rings. The molecule has 0 aromatic heterocycles. The number of non-ortho nitro benzene ring substituents is 1. The average Bonchev–Trinajstić information content (AvgIpc) is 2.97. The highest BCUT2D eigenvalue weighted by molar-refractivity contribution is 5.93. The Labute approximate surface area is 144 Å². The highest BCUT2D eigenvalue weighted by atomic mass is 19.1. The molecule has 1 aliphatic rings. The lowest BCUT2D eigenvalue weighted by molar-refractivity contribution is -0.385. The van der Waals surface area contributed by atoms with Gasteiger partial charge in [-0.05, 0) is 33.3 Å². The summed E-state index contributed by atoms with van der Waals surface area (Å²) in [6.45, 7) is 5.80. The van der Waals surface area contributed by atoms with Crippen molar-refractivity contribution in [3.63, 3.8) is 0 Å². The fourth-order valence-corrected chi connectivity index (χ4v) is 2.42. The SMILES string of the molecule is CC(C)(C)OC(=O)N1CC[C@H](C(=O)Nc2ccc([N+](=O)[O-])cc2F)C1. The van der Waals surface area contributed by atoms with Gasteiger partial charge in [0.1, 0.15) is 5.60 Å². The predicted molar refractivity (Wildman–Crippen MR) is 87.6 cm³/mol. The molecule has 1 heterocycles. The lowest BCUT2D eigenvalue weighted by Crippen LogP contribution is -2.36. The minimum absolute atomic E-state index is 0.133. The van der Waals surface area contributed by atoms with Gasteiger partial charge in [0.2, 0.25) is 5.91 Å². The van der Waals surface area contributed by atoms with Crippen molar-refractivity contribution in [3.8, 4) is 0 Å². The standard InChI is InChI=1S/C16H20FN3O5/c1-16(2,3)25-15(22)19-7-6-10(9-19)14(21)18-13-5-4-11(20(23)24)8-12(13)17/h4-5,8,10H,6-7,9H2,1-3H3,(H,18,21)/t10-/m0/s1. The van der Waals surface area contributed by atoms with Crippen molar-refractivity contribution in [2.75, 3.05) is 18.4 Å². The van der Waals surface area contributed by atoms with E-state index >= 15 is 0 Å². The number of carbonyl (C=O) groups is 2. The average molecular weight is 353 g/mol. The summed E-state index contributed by atoms with van der Waals surface area (Å²) in [7, 11) is 0. The molecule has 136 valence electrons. The third-order valence-corrected chi connectivity index (χ3v) is 3.63. The Morgan fingerprint density at radius 2 is 2.08 bits per heavy atom. The van der Waals surface area contributed by atoms with Crippen LogP contribution in [0.3, 0.4) is 0 Å². The Morgan fingerprint density at radius 1 is 1.40 bits per heavy atom. The van der Waals surface area contributed by atoms with E-state index in [-0.39, 0.29) is 12.2 Å². The van der Waals surface area contributed by atoms with E-state index in [0.717, 1.165) is 18.2 Å². The fraction of sp³-hybridized carbons (Fsp3) is 0.500. The summed E-state index contributed by atoms with van der Waals surface area (Å²) < 4.78 is 19.1. The van der Waals surface area contributed by atoms with Gasteiger partial charge in [0, 0.05) is 19.2 Å². The molecular formula is C16H20FN3O5. The van der Waals surface area contributed by atoms with Crippen LogP contribution < -0.4 is 5.32 Å². The van der Waals surface area contributed by atoms with Crippen LogP contribution in [0.5, 0.6) is 0 Å². The van der Waals surface area contributed by atoms with Crippen molar-refractivity contribution in [1.82, 2.24) is 4.90 Å².